The summed E-state index contributed by atoms with van der Waals surface area (Å²) in [6.07, 6.45) is 2.06. The topological polar surface area (TPSA) is 80.3 Å². The molecule has 2 N–H and O–H groups in total. The molecule has 224 valence electrons. The maximum atomic E-state index is 13.7. The van der Waals surface area contributed by atoms with E-state index in [9.17, 15) is 14.3 Å². The number of aryl methyl sites for hydroxylation is 1. The van der Waals surface area contributed by atoms with E-state index in [0.29, 0.717) is 48.9 Å². The Morgan fingerprint density at radius 2 is 1.70 bits per heavy atom. The van der Waals surface area contributed by atoms with Gasteiger partial charge in [-0.25, -0.2) is 4.39 Å². The van der Waals surface area contributed by atoms with E-state index in [0.717, 1.165) is 39.8 Å². The zero-order chi connectivity index (χ0) is 30.5. The van der Waals surface area contributed by atoms with Crippen LogP contribution in [0.4, 0.5) is 10.1 Å². The van der Waals surface area contributed by atoms with Crippen LogP contribution in [0.5, 0.6) is 23.0 Å². The molecule has 8 heteroatoms. The van der Waals surface area contributed by atoms with E-state index < -0.39 is 0 Å². The highest BCUT2D eigenvalue weighted by Gasteiger charge is 2.31. The SMILES string of the molecule is COc1cc2c(c(OC)c1OC)-c1ccc(NCCc3ccc(F)cc3)c(=O)cc1[C@H](N(C)Cc1ccccc1O)CC2. The fraction of sp³-hybridized carbons (Fsp3) is 0.286. The number of halogens is 1. The van der Waals surface area contributed by atoms with E-state index in [4.69, 9.17) is 14.2 Å². The van der Waals surface area contributed by atoms with Crippen LogP contribution in [0.15, 0.2) is 77.6 Å². The lowest BCUT2D eigenvalue weighted by Gasteiger charge is -2.28. The molecule has 5 rings (SSSR count). The molecule has 1 aliphatic carbocycles. The highest BCUT2D eigenvalue weighted by atomic mass is 19.1. The van der Waals surface area contributed by atoms with Gasteiger partial charge < -0.3 is 24.6 Å². The molecule has 1 atom stereocenters. The van der Waals surface area contributed by atoms with Crippen LogP contribution in [0.1, 0.15) is 34.7 Å². The van der Waals surface area contributed by atoms with E-state index in [-0.39, 0.29) is 23.0 Å². The number of hydrogen-bond acceptors (Lipinski definition) is 7. The van der Waals surface area contributed by atoms with Crippen molar-refractivity contribution >= 4 is 5.69 Å². The summed E-state index contributed by atoms with van der Waals surface area (Å²) >= 11 is 0. The molecule has 0 unspecified atom stereocenters. The van der Waals surface area contributed by atoms with Gasteiger partial charge in [0.15, 0.2) is 11.5 Å². The van der Waals surface area contributed by atoms with Crippen molar-refractivity contribution in [2.45, 2.75) is 31.8 Å². The monoisotopic (exact) mass is 584 g/mol. The van der Waals surface area contributed by atoms with Crippen LogP contribution >= 0.6 is 0 Å². The molecule has 0 radical (unpaired) electrons. The Hall–Kier alpha value is -4.56. The molecule has 0 fully saturated rings. The largest absolute Gasteiger partial charge is 0.508 e. The van der Waals surface area contributed by atoms with Crippen LogP contribution in [0.3, 0.4) is 0 Å². The van der Waals surface area contributed by atoms with E-state index in [1.54, 1.807) is 51.7 Å². The number of anilines is 1. The van der Waals surface area contributed by atoms with Crippen LogP contribution in [0.2, 0.25) is 0 Å². The molecule has 0 aliphatic heterocycles. The van der Waals surface area contributed by atoms with Gasteiger partial charge in [-0.3, -0.25) is 9.69 Å². The molecule has 1 aliphatic rings. The van der Waals surface area contributed by atoms with Gasteiger partial charge >= 0.3 is 0 Å². The number of para-hydroxylation sites is 1. The number of nitrogens with zero attached hydrogens (tertiary/aromatic N) is 1. The molecule has 7 nitrogen and oxygen atoms in total. The van der Waals surface area contributed by atoms with Gasteiger partial charge in [0, 0.05) is 30.3 Å². The van der Waals surface area contributed by atoms with Crippen molar-refractivity contribution < 1.29 is 23.7 Å². The van der Waals surface area contributed by atoms with Gasteiger partial charge in [0.25, 0.3) is 0 Å². The van der Waals surface area contributed by atoms with Gasteiger partial charge in [0.2, 0.25) is 11.2 Å². The number of methoxy groups -OCH3 is 3. The first-order chi connectivity index (χ1) is 20.8. The third-order valence-electron chi connectivity index (χ3n) is 8.09. The Bertz CT molecular complexity index is 1660. The minimum Gasteiger partial charge on any atom is -0.508 e. The van der Waals surface area contributed by atoms with Crippen molar-refractivity contribution in [1.29, 1.82) is 0 Å². The first-order valence-electron chi connectivity index (χ1n) is 14.3. The quantitative estimate of drug-likeness (QED) is 0.225. The van der Waals surface area contributed by atoms with Crippen molar-refractivity contribution in [2.24, 2.45) is 0 Å². The van der Waals surface area contributed by atoms with Crippen molar-refractivity contribution in [1.82, 2.24) is 4.90 Å². The number of benzene rings is 3. The third kappa shape index (κ3) is 6.29. The average molecular weight is 585 g/mol. The molecule has 0 amide bonds. The van der Waals surface area contributed by atoms with Crippen molar-refractivity contribution in [2.75, 3.05) is 40.2 Å². The summed E-state index contributed by atoms with van der Waals surface area (Å²) in [5, 5.41) is 13.8. The number of phenols is 1. The molecule has 0 spiro atoms. The smallest absolute Gasteiger partial charge is 0.203 e. The predicted molar refractivity (Wildman–Crippen MR) is 167 cm³/mol. The number of aromatic hydroxyl groups is 1. The Balaban J connectivity index is 1.60. The zero-order valence-electron chi connectivity index (χ0n) is 24.9. The fourth-order valence-electron chi connectivity index (χ4n) is 5.91. The third-order valence-corrected chi connectivity index (χ3v) is 8.09. The van der Waals surface area contributed by atoms with Crippen molar-refractivity contribution in [3.63, 3.8) is 0 Å². The second kappa shape index (κ2) is 13.2. The van der Waals surface area contributed by atoms with Gasteiger partial charge in [-0.2, -0.15) is 0 Å². The van der Waals surface area contributed by atoms with Crippen molar-refractivity contribution in [3.8, 4) is 34.1 Å². The number of rotatable bonds is 10. The van der Waals surface area contributed by atoms with Crippen LogP contribution in [0, 0.1) is 5.82 Å². The van der Waals surface area contributed by atoms with Crippen LogP contribution < -0.4 is 25.0 Å². The summed E-state index contributed by atoms with van der Waals surface area (Å²) in [5.74, 6) is 1.57. The van der Waals surface area contributed by atoms with Gasteiger partial charge in [0.1, 0.15) is 11.6 Å². The Morgan fingerprint density at radius 3 is 2.40 bits per heavy atom. The van der Waals surface area contributed by atoms with Gasteiger partial charge in [-0.05, 0) is 85.0 Å². The predicted octanol–water partition coefficient (Wildman–Crippen LogP) is 6.36. The summed E-state index contributed by atoms with van der Waals surface area (Å²) < 4.78 is 30.7. The van der Waals surface area contributed by atoms with Gasteiger partial charge in [-0.15, -0.1) is 0 Å². The second-order valence-corrected chi connectivity index (χ2v) is 10.7. The minimum atomic E-state index is -0.276. The minimum absolute atomic E-state index is 0.135. The van der Waals surface area contributed by atoms with Gasteiger partial charge in [-0.1, -0.05) is 36.4 Å². The van der Waals surface area contributed by atoms with E-state index in [1.165, 1.54) is 12.1 Å². The van der Waals surface area contributed by atoms with Crippen molar-refractivity contribution in [3.05, 3.63) is 111 Å². The highest BCUT2D eigenvalue weighted by molar-refractivity contribution is 5.83. The first-order valence-corrected chi connectivity index (χ1v) is 14.3. The maximum absolute atomic E-state index is 13.7. The average Bonchev–Trinajstić information content (AvgIpc) is 3.26. The van der Waals surface area contributed by atoms with E-state index in [2.05, 4.69) is 10.2 Å². The molecule has 4 aromatic carbocycles. The number of hydrogen-bond donors (Lipinski definition) is 2. The highest BCUT2D eigenvalue weighted by Crippen LogP contribution is 2.51. The fourth-order valence-corrected chi connectivity index (χ4v) is 5.91. The number of fused-ring (bicyclic) bond motifs is 3. The Morgan fingerprint density at radius 1 is 0.953 bits per heavy atom. The summed E-state index contributed by atoms with van der Waals surface area (Å²) in [5.41, 5.74) is 5.73. The molecule has 43 heavy (non-hydrogen) atoms. The number of ether oxygens (including phenoxy) is 3. The molecular formula is C35H37FN2O5. The molecular weight excluding hydrogens is 547 g/mol. The lowest BCUT2D eigenvalue weighted by molar-refractivity contribution is 0.223. The summed E-state index contributed by atoms with van der Waals surface area (Å²) in [6.45, 7) is 1.00. The zero-order valence-corrected chi connectivity index (χ0v) is 24.9. The molecule has 0 saturated heterocycles. The van der Waals surface area contributed by atoms with Crippen LogP contribution in [-0.2, 0) is 19.4 Å². The first kappa shape index (κ1) is 29.9. The lowest BCUT2D eigenvalue weighted by Crippen LogP contribution is -2.25. The summed E-state index contributed by atoms with van der Waals surface area (Å²) in [4.78, 5) is 15.9. The number of phenolic OH excluding ortho intramolecular Hbond substituents is 1. The Labute approximate surface area is 251 Å². The number of nitrogens with one attached hydrogen (secondary N) is 1. The maximum Gasteiger partial charge on any atom is 0.203 e. The van der Waals surface area contributed by atoms with E-state index >= 15 is 0 Å². The summed E-state index contributed by atoms with van der Waals surface area (Å²) in [7, 11) is 6.80. The van der Waals surface area contributed by atoms with Crippen LogP contribution in [-0.4, -0.2) is 44.9 Å². The Kier molecular flexibility index (Phi) is 9.16. The standard InChI is InChI=1S/C35H37FN2O5/c1-38(21-24-7-5-6-8-30(24)39)29-16-11-23-19-32(41-2)34(42-3)35(43-4)33(23)26-14-15-28(31(40)20-27(26)29)37-18-17-22-9-12-25(36)13-10-22/h5-10,12-15,19-20,29,39H,11,16-18,21H2,1-4H3,(H,37,40)/t29-/m1/s1. The molecule has 0 bridgehead atoms. The molecule has 4 aromatic rings. The molecule has 0 saturated carbocycles. The normalized spacial score (nSPS) is 14.0. The van der Waals surface area contributed by atoms with E-state index in [1.807, 2.05) is 37.4 Å². The molecule has 0 heterocycles. The second-order valence-electron chi connectivity index (χ2n) is 10.7. The lowest BCUT2D eigenvalue weighted by atomic mass is 9.95. The molecule has 0 aromatic heterocycles. The summed E-state index contributed by atoms with van der Waals surface area (Å²) in [6, 6.07) is 21.0. The van der Waals surface area contributed by atoms with Crippen LogP contribution in [0.25, 0.3) is 11.1 Å². The van der Waals surface area contributed by atoms with Gasteiger partial charge in [0.05, 0.1) is 27.0 Å².